The molecule has 4 heteroatoms. The number of carbonyl (C=O) groups is 2. The number of rotatable bonds is 4. The summed E-state index contributed by atoms with van der Waals surface area (Å²) in [6.45, 7) is 0. The Labute approximate surface area is 140 Å². The highest BCUT2D eigenvalue weighted by Crippen LogP contribution is 2.34. The topological polar surface area (TPSA) is 74.6 Å². The van der Waals surface area contributed by atoms with Gasteiger partial charge in [-0.3, -0.25) is 9.59 Å². The average Bonchev–Trinajstić information content (AvgIpc) is 2.55. The quantitative estimate of drug-likeness (QED) is 0.889. The van der Waals surface area contributed by atoms with Crippen LogP contribution in [0.4, 0.5) is 0 Å². The Balaban J connectivity index is 2.11. The molecule has 0 heterocycles. The number of hydrogen-bond acceptors (Lipinski definition) is 4. The summed E-state index contributed by atoms with van der Waals surface area (Å²) in [6.07, 6.45) is 6.88. The van der Waals surface area contributed by atoms with Crippen molar-refractivity contribution in [3.63, 3.8) is 0 Å². The van der Waals surface area contributed by atoms with Crippen LogP contribution >= 0.6 is 0 Å². The summed E-state index contributed by atoms with van der Waals surface area (Å²) in [7, 11) is 0. The van der Waals surface area contributed by atoms with E-state index in [4.69, 9.17) is 0 Å². The molecule has 2 aliphatic carbocycles. The molecule has 0 bridgehead atoms. The molecule has 0 atom stereocenters. The van der Waals surface area contributed by atoms with Crippen molar-refractivity contribution in [2.45, 2.75) is 19.3 Å². The summed E-state index contributed by atoms with van der Waals surface area (Å²) >= 11 is 0. The smallest absolute Gasteiger partial charge is 0.166 e. The van der Waals surface area contributed by atoms with E-state index in [9.17, 15) is 19.8 Å². The standard InChI is InChI=1S/C20H18O4/c21-15-8-4-9-16(22)19(15)14(12-13-6-2-1-3-7-13)20-17(23)10-5-11-18(20)24/h1-8,10,14,21,23H,9,11-12H2. The lowest BCUT2D eigenvalue weighted by molar-refractivity contribution is -0.116. The third kappa shape index (κ3) is 3.08. The van der Waals surface area contributed by atoms with Crippen molar-refractivity contribution in [2.24, 2.45) is 5.92 Å². The largest absolute Gasteiger partial charge is 0.508 e. The van der Waals surface area contributed by atoms with Gasteiger partial charge in [0.15, 0.2) is 11.6 Å². The highest BCUT2D eigenvalue weighted by molar-refractivity contribution is 6.04. The van der Waals surface area contributed by atoms with Gasteiger partial charge in [0.2, 0.25) is 0 Å². The maximum Gasteiger partial charge on any atom is 0.166 e. The Morgan fingerprint density at radius 2 is 1.33 bits per heavy atom. The van der Waals surface area contributed by atoms with Gasteiger partial charge in [0.1, 0.15) is 11.5 Å². The number of hydrogen-bond donors (Lipinski definition) is 2. The highest BCUT2D eigenvalue weighted by Gasteiger charge is 2.34. The van der Waals surface area contributed by atoms with Crippen LogP contribution in [-0.4, -0.2) is 21.8 Å². The molecule has 1 aromatic carbocycles. The fourth-order valence-electron chi connectivity index (χ4n) is 3.18. The fourth-order valence-corrected chi connectivity index (χ4v) is 3.18. The van der Waals surface area contributed by atoms with Crippen LogP contribution in [0.2, 0.25) is 0 Å². The molecule has 4 nitrogen and oxygen atoms in total. The van der Waals surface area contributed by atoms with Gasteiger partial charge in [-0.15, -0.1) is 0 Å². The number of ketones is 2. The average molecular weight is 322 g/mol. The number of aliphatic hydroxyl groups is 2. The number of benzene rings is 1. The predicted octanol–water partition coefficient (Wildman–Crippen LogP) is 3.53. The van der Waals surface area contributed by atoms with E-state index in [1.165, 1.54) is 12.2 Å². The van der Waals surface area contributed by atoms with Crippen LogP contribution in [0.1, 0.15) is 18.4 Å². The first kappa shape index (κ1) is 16.0. The monoisotopic (exact) mass is 322 g/mol. The van der Waals surface area contributed by atoms with Crippen molar-refractivity contribution in [1.82, 2.24) is 0 Å². The van der Waals surface area contributed by atoms with Gasteiger partial charge in [0, 0.05) is 29.9 Å². The molecule has 0 spiro atoms. The first-order valence-electron chi connectivity index (χ1n) is 7.87. The zero-order valence-electron chi connectivity index (χ0n) is 13.1. The highest BCUT2D eigenvalue weighted by atomic mass is 16.3. The minimum Gasteiger partial charge on any atom is -0.508 e. The minimum absolute atomic E-state index is 0.130. The molecular weight excluding hydrogens is 304 g/mol. The van der Waals surface area contributed by atoms with Crippen molar-refractivity contribution in [2.75, 3.05) is 0 Å². The van der Waals surface area contributed by atoms with Crippen molar-refractivity contribution in [3.05, 3.63) is 82.9 Å². The summed E-state index contributed by atoms with van der Waals surface area (Å²) < 4.78 is 0. The number of Topliss-reactive ketones (excluding diaryl/α,β-unsaturated/α-hetero) is 2. The van der Waals surface area contributed by atoms with Crippen molar-refractivity contribution in [3.8, 4) is 0 Å². The molecule has 2 aliphatic rings. The zero-order chi connectivity index (χ0) is 17.1. The van der Waals surface area contributed by atoms with Crippen molar-refractivity contribution in [1.29, 1.82) is 0 Å². The maximum absolute atomic E-state index is 12.4. The van der Waals surface area contributed by atoms with Crippen molar-refractivity contribution >= 4 is 11.6 Å². The maximum atomic E-state index is 12.4. The van der Waals surface area contributed by atoms with Gasteiger partial charge in [0.25, 0.3) is 0 Å². The third-order valence-electron chi connectivity index (χ3n) is 4.29. The predicted molar refractivity (Wildman–Crippen MR) is 90.5 cm³/mol. The van der Waals surface area contributed by atoms with Gasteiger partial charge < -0.3 is 10.2 Å². The Hall–Kier alpha value is -2.88. The van der Waals surface area contributed by atoms with Crippen molar-refractivity contribution < 1.29 is 19.8 Å². The lowest BCUT2D eigenvalue weighted by Gasteiger charge is -2.25. The molecule has 0 fully saturated rings. The summed E-state index contributed by atoms with van der Waals surface area (Å²) in [5.41, 5.74) is 1.32. The van der Waals surface area contributed by atoms with Crippen LogP contribution in [0.5, 0.6) is 0 Å². The van der Waals surface area contributed by atoms with E-state index in [0.717, 1.165) is 5.56 Å². The molecule has 0 aliphatic heterocycles. The molecule has 24 heavy (non-hydrogen) atoms. The molecule has 3 rings (SSSR count). The van der Waals surface area contributed by atoms with Crippen LogP contribution in [-0.2, 0) is 16.0 Å². The van der Waals surface area contributed by atoms with Crippen LogP contribution in [0, 0.1) is 5.92 Å². The van der Waals surface area contributed by atoms with Gasteiger partial charge in [-0.1, -0.05) is 42.5 Å². The van der Waals surface area contributed by atoms with Gasteiger partial charge in [-0.25, -0.2) is 0 Å². The Kier molecular flexibility index (Phi) is 4.47. The number of carbonyl (C=O) groups excluding carboxylic acids is 2. The molecule has 0 unspecified atom stereocenters. The third-order valence-corrected chi connectivity index (χ3v) is 4.29. The van der Waals surface area contributed by atoms with E-state index >= 15 is 0 Å². The Morgan fingerprint density at radius 1 is 0.833 bits per heavy atom. The van der Waals surface area contributed by atoms with E-state index in [1.807, 2.05) is 30.3 Å². The molecule has 122 valence electrons. The number of allylic oxidation sites excluding steroid dienone is 6. The van der Waals surface area contributed by atoms with Gasteiger partial charge in [0.05, 0.1) is 0 Å². The lowest BCUT2D eigenvalue weighted by atomic mass is 9.77. The van der Waals surface area contributed by atoms with Crippen LogP contribution < -0.4 is 0 Å². The molecular formula is C20H18O4. The second kappa shape index (κ2) is 6.71. The second-order valence-corrected chi connectivity index (χ2v) is 5.90. The van der Waals surface area contributed by atoms with Gasteiger partial charge >= 0.3 is 0 Å². The second-order valence-electron chi connectivity index (χ2n) is 5.90. The minimum atomic E-state index is -0.665. The fraction of sp³-hybridized carbons (Fsp3) is 0.200. The van der Waals surface area contributed by atoms with E-state index < -0.39 is 5.92 Å². The van der Waals surface area contributed by atoms with E-state index in [1.54, 1.807) is 12.2 Å². The normalized spacial score (nSPS) is 18.0. The first-order valence-corrected chi connectivity index (χ1v) is 7.87. The summed E-state index contributed by atoms with van der Waals surface area (Å²) in [5.74, 6) is -1.37. The van der Waals surface area contributed by atoms with E-state index in [-0.39, 0.29) is 47.1 Å². The zero-order valence-corrected chi connectivity index (χ0v) is 13.1. The SMILES string of the molecule is O=C1CC=CC(O)=C1C(Cc1ccccc1)C1=C(O)C=CCC1=O. The van der Waals surface area contributed by atoms with Crippen LogP contribution in [0.3, 0.4) is 0 Å². The number of aliphatic hydroxyl groups excluding tert-OH is 2. The summed E-state index contributed by atoms with van der Waals surface area (Å²) in [4.78, 5) is 24.8. The Bertz CT molecular complexity index is 746. The molecule has 0 radical (unpaired) electrons. The molecule has 0 aromatic heterocycles. The first-order chi connectivity index (χ1) is 11.6. The van der Waals surface area contributed by atoms with Crippen LogP contribution in [0.15, 0.2) is 77.3 Å². The molecule has 2 N–H and O–H groups in total. The molecule has 0 saturated heterocycles. The van der Waals surface area contributed by atoms with Gasteiger partial charge in [-0.05, 0) is 24.1 Å². The van der Waals surface area contributed by atoms with E-state index in [0.29, 0.717) is 6.42 Å². The lowest BCUT2D eigenvalue weighted by Crippen LogP contribution is -2.26. The summed E-state index contributed by atoms with van der Waals surface area (Å²) in [5, 5.41) is 20.5. The molecule has 0 amide bonds. The molecule has 1 aromatic rings. The summed E-state index contributed by atoms with van der Waals surface area (Å²) in [6, 6.07) is 9.43. The van der Waals surface area contributed by atoms with Gasteiger partial charge in [-0.2, -0.15) is 0 Å². The molecule has 0 saturated carbocycles. The van der Waals surface area contributed by atoms with E-state index in [2.05, 4.69) is 0 Å². The van der Waals surface area contributed by atoms with Crippen LogP contribution in [0.25, 0.3) is 0 Å². The Morgan fingerprint density at radius 3 is 1.79 bits per heavy atom.